The number of halogens is 1. The van der Waals surface area contributed by atoms with Gasteiger partial charge in [0.1, 0.15) is 5.75 Å². The molecular formula is C10H9ClN2O2. The standard InChI is InChI=1S/C10H9ClN2O2/c1-13(10(14)6-12)7-3-4-9(15-2)8(11)5-7/h3-5H,1-2H3. The number of amides is 1. The Morgan fingerprint density at radius 2 is 2.27 bits per heavy atom. The minimum atomic E-state index is -0.642. The van der Waals surface area contributed by atoms with Crippen molar-refractivity contribution in [1.29, 1.82) is 5.26 Å². The fraction of sp³-hybridized carbons (Fsp3) is 0.200. The number of anilines is 1. The van der Waals surface area contributed by atoms with Gasteiger partial charge in [0.05, 0.1) is 12.1 Å². The number of carbonyl (C=O) groups excluding carboxylic acids is 1. The molecule has 0 aliphatic carbocycles. The van der Waals surface area contributed by atoms with E-state index in [1.54, 1.807) is 18.2 Å². The minimum Gasteiger partial charge on any atom is -0.495 e. The Balaban J connectivity index is 3.03. The second kappa shape index (κ2) is 4.67. The van der Waals surface area contributed by atoms with Crippen molar-refractivity contribution in [3.05, 3.63) is 23.2 Å². The predicted octanol–water partition coefficient (Wildman–Crippen LogP) is 1.83. The van der Waals surface area contributed by atoms with Crippen molar-refractivity contribution in [2.24, 2.45) is 0 Å². The normalized spacial score (nSPS) is 9.20. The van der Waals surface area contributed by atoms with E-state index in [4.69, 9.17) is 21.6 Å². The van der Waals surface area contributed by atoms with Gasteiger partial charge in [-0.1, -0.05) is 11.6 Å². The fourth-order valence-corrected chi connectivity index (χ4v) is 1.31. The van der Waals surface area contributed by atoms with E-state index in [1.165, 1.54) is 25.1 Å². The number of nitrogens with zero attached hydrogens (tertiary/aromatic N) is 2. The van der Waals surface area contributed by atoms with Crippen LogP contribution in [0.15, 0.2) is 18.2 Å². The third-order valence-electron chi connectivity index (χ3n) is 1.92. The van der Waals surface area contributed by atoms with Crippen LogP contribution in [-0.4, -0.2) is 20.1 Å². The Labute approximate surface area is 92.6 Å². The van der Waals surface area contributed by atoms with Gasteiger partial charge in [-0.25, -0.2) is 0 Å². The molecule has 1 amide bonds. The monoisotopic (exact) mass is 224 g/mol. The van der Waals surface area contributed by atoms with Crippen LogP contribution >= 0.6 is 11.6 Å². The van der Waals surface area contributed by atoms with Gasteiger partial charge in [-0.2, -0.15) is 5.26 Å². The molecule has 0 spiro atoms. The highest BCUT2D eigenvalue weighted by molar-refractivity contribution is 6.32. The van der Waals surface area contributed by atoms with E-state index in [0.29, 0.717) is 16.5 Å². The summed E-state index contributed by atoms with van der Waals surface area (Å²) in [6.07, 6.45) is 0. The smallest absolute Gasteiger partial charge is 0.329 e. The van der Waals surface area contributed by atoms with Crippen LogP contribution in [0.3, 0.4) is 0 Å². The van der Waals surface area contributed by atoms with Gasteiger partial charge >= 0.3 is 5.91 Å². The highest BCUT2D eigenvalue weighted by Gasteiger charge is 2.11. The zero-order chi connectivity index (χ0) is 11.4. The lowest BCUT2D eigenvalue weighted by molar-refractivity contribution is -0.113. The molecule has 0 N–H and O–H groups in total. The molecule has 0 bridgehead atoms. The summed E-state index contributed by atoms with van der Waals surface area (Å²) in [5.74, 6) is -0.116. The molecule has 0 saturated carbocycles. The quantitative estimate of drug-likeness (QED) is 0.721. The fourth-order valence-electron chi connectivity index (χ4n) is 1.06. The molecule has 78 valence electrons. The first-order chi connectivity index (χ1) is 7.10. The molecule has 15 heavy (non-hydrogen) atoms. The van der Waals surface area contributed by atoms with Crippen LogP contribution < -0.4 is 9.64 Å². The lowest BCUT2D eigenvalue weighted by Gasteiger charge is -2.14. The third-order valence-corrected chi connectivity index (χ3v) is 2.22. The van der Waals surface area contributed by atoms with Crippen molar-refractivity contribution in [3.8, 4) is 11.8 Å². The number of ether oxygens (including phenoxy) is 1. The van der Waals surface area contributed by atoms with Gasteiger partial charge in [0.25, 0.3) is 0 Å². The lowest BCUT2D eigenvalue weighted by atomic mass is 10.3. The first kappa shape index (κ1) is 11.3. The van der Waals surface area contributed by atoms with Gasteiger partial charge in [-0.05, 0) is 18.2 Å². The SMILES string of the molecule is COc1ccc(N(C)C(=O)C#N)cc1Cl. The molecule has 0 unspecified atom stereocenters. The van der Waals surface area contributed by atoms with Crippen molar-refractivity contribution >= 4 is 23.2 Å². The molecule has 1 aromatic rings. The second-order valence-electron chi connectivity index (χ2n) is 2.79. The zero-order valence-corrected chi connectivity index (χ0v) is 9.08. The average molecular weight is 225 g/mol. The van der Waals surface area contributed by atoms with Gasteiger partial charge in [0.2, 0.25) is 0 Å². The zero-order valence-electron chi connectivity index (χ0n) is 8.32. The Kier molecular flexibility index (Phi) is 3.53. The van der Waals surface area contributed by atoms with Crippen molar-refractivity contribution in [2.45, 2.75) is 0 Å². The van der Waals surface area contributed by atoms with Crippen LogP contribution in [-0.2, 0) is 4.79 Å². The summed E-state index contributed by atoms with van der Waals surface area (Å²) >= 11 is 5.88. The molecule has 0 atom stereocenters. The molecule has 0 aromatic heterocycles. The van der Waals surface area contributed by atoms with Crippen molar-refractivity contribution in [1.82, 2.24) is 0 Å². The largest absolute Gasteiger partial charge is 0.495 e. The maximum Gasteiger partial charge on any atom is 0.329 e. The van der Waals surface area contributed by atoms with E-state index in [9.17, 15) is 4.79 Å². The van der Waals surface area contributed by atoms with E-state index in [2.05, 4.69) is 0 Å². The summed E-state index contributed by atoms with van der Waals surface area (Å²) in [4.78, 5) is 12.3. The average Bonchev–Trinajstić information content (AvgIpc) is 2.26. The molecule has 0 heterocycles. The van der Waals surface area contributed by atoms with Crippen molar-refractivity contribution in [2.75, 3.05) is 19.1 Å². The van der Waals surface area contributed by atoms with Crippen LogP contribution in [0.2, 0.25) is 5.02 Å². The Morgan fingerprint density at radius 3 is 2.73 bits per heavy atom. The van der Waals surface area contributed by atoms with Crippen LogP contribution in [0, 0.1) is 11.3 Å². The summed E-state index contributed by atoms with van der Waals surface area (Å²) in [6.45, 7) is 0. The lowest BCUT2D eigenvalue weighted by Crippen LogP contribution is -2.24. The maximum absolute atomic E-state index is 11.1. The van der Waals surface area contributed by atoms with Crippen LogP contribution in [0.4, 0.5) is 5.69 Å². The Hall–Kier alpha value is -1.73. The summed E-state index contributed by atoms with van der Waals surface area (Å²) in [5.41, 5.74) is 0.548. The van der Waals surface area contributed by atoms with Gasteiger partial charge < -0.3 is 9.64 Å². The summed E-state index contributed by atoms with van der Waals surface area (Å²) in [6, 6.07) is 6.38. The number of benzene rings is 1. The van der Waals surface area contributed by atoms with Gasteiger partial charge in [0, 0.05) is 12.7 Å². The van der Waals surface area contributed by atoms with Crippen LogP contribution in [0.5, 0.6) is 5.75 Å². The predicted molar refractivity (Wildman–Crippen MR) is 57.0 cm³/mol. The van der Waals surface area contributed by atoms with E-state index in [-0.39, 0.29) is 0 Å². The number of rotatable bonds is 2. The van der Waals surface area contributed by atoms with Crippen LogP contribution in [0.25, 0.3) is 0 Å². The number of carbonyl (C=O) groups is 1. The highest BCUT2D eigenvalue weighted by atomic mass is 35.5. The molecule has 4 nitrogen and oxygen atoms in total. The summed E-state index contributed by atoms with van der Waals surface area (Å²) in [7, 11) is 3.01. The van der Waals surface area contributed by atoms with E-state index in [0.717, 1.165) is 0 Å². The Bertz CT molecular complexity index is 426. The third kappa shape index (κ3) is 2.39. The van der Waals surface area contributed by atoms with Gasteiger partial charge in [0.15, 0.2) is 6.07 Å². The number of nitriles is 1. The van der Waals surface area contributed by atoms with Crippen LogP contribution in [0.1, 0.15) is 0 Å². The maximum atomic E-state index is 11.1. The summed E-state index contributed by atoms with van der Waals surface area (Å²) in [5, 5.41) is 8.83. The number of methoxy groups -OCH3 is 1. The van der Waals surface area contributed by atoms with Gasteiger partial charge in [-0.15, -0.1) is 0 Å². The van der Waals surface area contributed by atoms with Crippen molar-refractivity contribution in [3.63, 3.8) is 0 Å². The summed E-state index contributed by atoms with van der Waals surface area (Å²) < 4.78 is 4.97. The van der Waals surface area contributed by atoms with Crippen molar-refractivity contribution < 1.29 is 9.53 Å². The first-order valence-electron chi connectivity index (χ1n) is 4.11. The van der Waals surface area contributed by atoms with E-state index in [1.807, 2.05) is 0 Å². The van der Waals surface area contributed by atoms with E-state index < -0.39 is 5.91 Å². The molecule has 0 aliphatic rings. The molecule has 1 rings (SSSR count). The molecule has 0 saturated heterocycles. The molecule has 0 radical (unpaired) electrons. The molecule has 1 aromatic carbocycles. The molecular weight excluding hydrogens is 216 g/mol. The number of hydrogen-bond donors (Lipinski definition) is 0. The molecule has 0 aliphatic heterocycles. The highest BCUT2D eigenvalue weighted by Crippen LogP contribution is 2.28. The molecule has 0 fully saturated rings. The topological polar surface area (TPSA) is 53.3 Å². The molecule has 5 heteroatoms. The van der Waals surface area contributed by atoms with Gasteiger partial charge in [-0.3, -0.25) is 4.79 Å². The Morgan fingerprint density at radius 1 is 1.60 bits per heavy atom. The minimum absolute atomic E-state index is 0.396. The first-order valence-corrected chi connectivity index (χ1v) is 4.49. The number of hydrogen-bond acceptors (Lipinski definition) is 3. The second-order valence-corrected chi connectivity index (χ2v) is 3.20. The van der Waals surface area contributed by atoms with E-state index >= 15 is 0 Å².